The van der Waals surface area contributed by atoms with Crippen molar-refractivity contribution in [3.63, 3.8) is 0 Å². The van der Waals surface area contributed by atoms with Crippen LogP contribution in [0.4, 0.5) is 4.79 Å². The smallest absolute Gasteiger partial charge is 0.332 e. The first-order valence-corrected chi connectivity index (χ1v) is 6.38. The van der Waals surface area contributed by atoms with Crippen LogP contribution in [0, 0.1) is 11.8 Å². The van der Waals surface area contributed by atoms with Gasteiger partial charge in [-0.1, -0.05) is 6.92 Å². The molecule has 1 aliphatic rings. The molecule has 0 saturated carbocycles. The summed E-state index contributed by atoms with van der Waals surface area (Å²) in [5, 5.41) is 20.1. The molecular formula is C12H20N2O6. The number of esters is 1. The number of nitrogens with one attached hydrogen (secondary N) is 1. The zero-order chi connectivity index (χ0) is 15.3. The Morgan fingerprint density at radius 2 is 2.05 bits per heavy atom. The predicted octanol–water partition coefficient (Wildman–Crippen LogP) is -0.727. The Labute approximate surface area is 116 Å². The fourth-order valence-corrected chi connectivity index (χ4v) is 2.14. The first-order chi connectivity index (χ1) is 9.36. The number of likely N-dealkylation sites (tertiary alicyclic amines) is 1. The van der Waals surface area contributed by atoms with Crippen LogP contribution in [-0.2, 0) is 14.3 Å². The molecule has 1 aliphatic heterocycles. The number of methoxy groups -OCH3 is 1. The molecule has 1 saturated heterocycles. The first kappa shape index (κ1) is 16.2. The predicted molar refractivity (Wildman–Crippen MR) is 67.9 cm³/mol. The van der Waals surface area contributed by atoms with Crippen LogP contribution in [0.15, 0.2) is 0 Å². The summed E-state index contributed by atoms with van der Waals surface area (Å²) < 4.78 is 4.68. The summed E-state index contributed by atoms with van der Waals surface area (Å²) in [5.41, 5.74) is 0. The minimum Gasteiger partial charge on any atom is -0.479 e. The Kier molecular flexibility index (Phi) is 5.75. The highest BCUT2D eigenvalue weighted by Gasteiger charge is 2.37. The van der Waals surface area contributed by atoms with E-state index in [4.69, 9.17) is 10.2 Å². The van der Waals surface area contributed by atoms with E-state index in [1.165, 1.54) is 12.0 Å². The van der Waals surface area contributed by atoms with E-state index in [2.05, 4.69) is 10.1 Å². The summed E-state index contributed by atoms with van der Waals surface area (Å²) in [4.78, 5) is 35.2. The second kappa shape index (κ2) is 7.09. The molecule has 0 aliphatic carbocycles. The van der Waals surface area contributed by atoms with Crippen molar-refractivity contribution in [3.05, 3.63) is 0 Å². The maximum Gasteiger partial charge on any atom is 0.332 e. The molecule has 8 heteroatoms. The highest BCUT2D eigenvalue weighted by Crippen LogP contribution is 2.23. The number of hydrogen-bond donors (Lipinski definition) is 3. The lowest BCUT2D eigenvalue weighted by molar-refractivity contribution is -0.147. The van der Waals surface area contributed by atoms with Gasteiger partial charge in [0.2, 0.25) is 0 Å². The average molecular weight is 288 g/mol. The van der Waals surface area contributed by atoms with Gasteiger partial charge in [0.15, 0.2) is 6.10 Å². The Balaban J connectivity index is 2.38. The van der Waals surface area contributed by atoms with E-state index in [1.54, 1.807) is 0 Å². The van der Waals surface area contributed by atoms with E-state index in [1.807, 2.05) is 6.92 Å². The van der Waals surface area contributed by atoms with Gasteiger partial charge in [-0.05, 0) is 5.92 Å². The topological polar surface area (TPSA) is 116 Å². The van der Waals surface area contributed by atoms with Gasteiger partial charge in [0.05, 0.1) is 13.0 Å². The minimum atomic E-state index is -1.49. The quantitative estimate of drug-likeness (QED) is 0.574. The molecule has 0 bridgehead atoms. The van der Waals surface area contributed by atoms with Crippen LogP contribution in [0.25, 0.3) is 0 Å². The second-order valence-corrected chi connectivity index (χ2v) is 4.89. The van der Waals surface area contributed by atoms with Gasteiger partial charge in [0, 0.05) is 26.1 Å². The highest BCUT2D eigenvalue weighted by molar-refractivity contribution is 5.78. The van der Waals surface area contributed by atoms with E-state index >= 15 is 0 Å². The lowest BCUT2D eigenvalue weighted by Crippen LogP contribution is -2.40. The summed E-state index contributed by atoms with van der Waals surface area (Å²) in [6.07, 6.45) is -1.55. The van der Waals surface area contributed by atoms with Crippen molar-refractivity contribution in [1.29, 1.82) is 0 Å². The van der Waals surface area contributed by atoms with Crippen LogP contribution >= 0.6 is 0 Å². The maximum absolute atomic E-state index is 11.8. The molecule has 0 spiro atoms. The number of nitrogens with zero attached hydrogens (tertiary/aromatic N) is 1. The van der Waals surface area contributed by atoms with Gasteiger partial charge in [-0.25, -0.2) is 9.59 Å². The Hall–Kier alpha value is -1.83. The van der Waals surface area contributed by atoms with Crippen LogP contribution in [0.1, 0.15) is 13.3 Å². The SMILES string of the molecule is COC(=O)C1CN(C(=O)NCCC(O)C(=O)O)CC1C. The number of amides is 2. The number of urea groups is 1. The normalized spacial score (nSPS) is 23.2. The van der Waals surface area contributed by atoms with Gasteiger partial charge < -0.3 is 25.2 Å². The van der Waals surface area contributed by atoms with Gasteiger partial charge in [0.25, 0.3) is 0 Å². The van der Waals surface area contributed by atoms with Crippen LogP contribution in [-0.4, -0.2) is 65.9 Å². The fourth-order valence-electron chi connectivity index (χ4n) is 2.14. The van der Waals surface area contributed by atoms with Crippen LogP contribution in [0.2, 0.25) is 0 Å². The van der Waals surface area contributed by atoms with Gasteiger partial charge in [-0.15, -0.1) is 0 Å². The van der Waals surface area contributed by atoms with Gasteiger partial charge in [-0.2, -0.15) is 0 Å². The molecule has 20 heavy (non-hydrogen) atoms. The number of aliphatic carboxylic acids is 1. The fraction of sp³-hybridized carbons (Fsp3) is 0.750. The summed E-state index contributed by atoms with van der Waals surface area (Å²) in [5.74, 6) is -1.98. The number of carbonyl (C=O) groups is 3. The van der Waals surface area contributed by atoms with Crippen molar-refractivity contribution < 1.29 is 29.3 Å². The van der Waals surface area contributed by atoms with Crippen molar-refractivity contribution in [2.24, 2.45) is 11.8 Å². The number of carbonyl (C=O) groups excluding carboxylic acids is 2. The molecule has 0 aromatic rings. The standard InChI is InChI=1S/C12H20N2O6/c1-7-5-14(6-8(7)11(18)20-2)12(19)13-4-3-9(15)10(16)17/h7-9,15H,3-6H2,1-2H3,(H,13,19)(H,16,17). The monoisotopic (exact) mass is 288 g/mol. The molecule has 114 valence electrons. The number of aliphatic hydroxyl groups excluding tert-OH is 1. The van der Waals surface area contributed by atoms with E-state index in [9.17, 15) is 14.4 Å². The van der Waals surface area contributed by atoms with E-state index in [0.717, 1.165) is 0 Å². The number of ether oxygens (including phenoxy) is 1. The van der Waals surface area contributed by atoms with Crippen molar-refractivity contribution in [2.45, 2.75) is 19.4 Å². The minimum absolute atomic E-state index is 0.0119. The van der Waals surface area contributed by atoms with Crippen LogP contribution in [0.5, 0.6) is 0 Å². The third kappa shape index (κ3) is 4.09. The molecule has 3 N–H and O–H groups in total. The van der Waals surface area contributed by atoms with Crippen molar-refractivity contribution in [2.75, 3.05) is 26.7 Å². The number of carboxylic acid groups (broad SMARTS) is 1. The molecule has 0 radical (unpaired) electrons. The van der Waals surface area contributed by atoms with Crippen LogP contribution in [0.3, 0.4) is 0 Å². The van der Waals surface area contributed by atoms with Gasteiger partial charge >= 0.3 is 18.0 Å². The van der Waals surface area contributed by atoms with E-state index in [0.29, 0.717) is 6.54 Å². The van der Waals surface area contributed by atoms with Crippen LogP contribution < -0.4 is 5.32 Å². The van der Waals surface area contributed by atoms with Gasteiger partial charge in [-0.3, -0.25) is 4.79 Å². The molecule has 3 atom stereocenters. The van der Waals surface area contributed by atoms with Gasteiger partial charge in [0.1, 0.15) is 0 Å². The lowest BCUT2D eigenvalue weighted by atomic mass is 9.99. The Morgan fingerprint density at radius 1 is 1.40 bits per heavy atom. The summed E-state index contributed by atoms with van der Waals surface area (Å²) >= 11 is 0. The molecular weight excluding hydrogens is 268 g/mol. The molecule has 1 fully saturated rings. The van der Waals surface area contributed by atoms with Crippen molar-refractivity contribution in [3.8, 4) is 0 Å². The summed E-state index contributed by atoms with van der Waals surface area (Å²) in [6.45, 7) is 2.64. The average Bonchev–Trinajstić information content (AvgIpc) is 2.79. The third-order valence-corrected chi connectivity index (χ3v) is 3.38. The zero-order valence-electron chi connectivity index (χ0n) is 11.5. The molecule has 1 rings (SSSR count). The number of hydrogen-bond acceptors (Lipinski definition) is 5. The highest BCUT2D eigenvalue weighted by atomic mass is 16.5. The number of carboxylic acids is 1. The summed E-state index contributed by atoms with van der Waals surface area (Å²) in [6, 6.07) is -0.374. The Bertz CT molecular complexity index is 386. The number of aliphatic hydroxyl groups is 1. The molecule has 1 heterocycles. The maximum atomic E-state index is 11.8. The zero-order valence-corrected chi connectivity index (χ0v) is 11.5. The largest absolute Gasteiger partial charge is 0.479 e. The second-order valence-electron chi connectivity index (χ2n) is 4.89. The molecule has 8 nitrogen and oxygen atoms in total. The van der Waals surface area contributed by atoms with E-state index in [-0.39, 0.29) is 43.3 Å². The third-order valence-electron chi connectivity index (χ3n) is 3.38. The first-order valence-electron chi connectivity index (χ1n) is 6.38. The Morgan fingerprint density at radius 3 is 2.60 bits per heavy atom. The molecule has 2 amide bonds. The van der Waals surface area contributed by atoms with Crippen molar-refractivity contribution >= 4 is 18.0 Å². The van der Waals surface area contributed by atoms with Crippen molar-refractivity contribution in [1.82, 2.24) is 10.2 Å². The summed E-state index contributed by atoms with van der Waals surface area (Å²) in [7, 11) is 1.31. The molecule has 0 aromatic carbocycles. The lowest BCUT2D eigenvalue weighted by Gasteiger charge is -2.17. The molecule has 3 unspecified atom stereocenters. The molecule has 0 aromatic heterocycles. The number of rotatable bonds is 5. The van der Waals surface area contributed by atoms with E-state index < -0.39 is 12.1 Å².